The van der Waals surface area contributed by atoms with Crippen LogP contribution in [-0.4, -0.2) is 64.0 Å². The summed E-state index contributed by atoms with van der Waals surface area (Å²) >= 11 is 0. The number of hydrogen-bond donors (Lipinski definition) is 4. The summed E-state index contributed by atoms with van der Waals surface area (Å²) in [6.45, 7) is 13.9. The molecule has 0 atom stereocenters. The number of halogens is 1. The maximum Gasteiger partial charge on any atom is 0.123 e. The summed E-state index contributed by atoms with van der Waals surface area (Å²) in [5.74, 6) is 4.38. The van der Waals surface area contributed by atoms with E-state index in [1.165, 1.54) is 74.0 Å². The summed E-state index contributed by atoms with van der Waals surface area (Å²) in [6, 6.07) is 16.6. The Balaban J connectivity index is 0.00000924. The first-order valence-corrected chi connectivity index (χ1v) is 18.8. The van der Waals surface area contributed by atoms with E-state index in [4.69, 9.17) is 9.47 Å². The Labute approximate surface area is 277 Å². The lowest BCUT2D eigenvalue weighted by molar-refractivity contribution is 0.335. The van der Waals surface area contributed by atoms with Crippen molar-refractivity contribution in [3.05, 3.63) is 59.7 Å². The van der Waals surface area contributed by atoms with Crippen molar-refractivity contribution in [1.82, 2.24) is 21.3 Å². The van der Waals surface area contributed by atoms with E-state index in [-0.39, 0.29) is 12.4 Å². The first-order chi connectivity index (χ1) is 20.8. The SMILES string of the molecule is CCOc1ccccc1CNCCCCCCNCCSSCCNCCCCCCNCc1ccccc1OCC.Cl. The van der Waals surface area contributed by atoms with Gasteiger partial charge in [0.2, 0.25) is 0 Å². The average Bonchev–Trinajstić information content (AvgIpc) is 3.01. The number of unbranched alkanes of at least 4 members (excludes halogenated alkanes) is 6. The van der Waals surface area contributed by atoms with Gasteiger partial charge in [-0.3, -0.25) is 0 Å². The molecule has 0 radical (unpaired) electrons. The fourth-order valence-corrected chi connectivity index (χ4v) is 6.54. The van der Waals surface area contributed by atoms with Crippen LogP contribution in [0.25, 0.3) is 0 Å². The van der Waals surface area contributed by atoms with Crippen LogP contribution in [0.4, 0.5) is 0 Å². The van der Waals surface area contributed by atoms with Crippen molar-refractivity contribution < 1.29 is 9.47 Å². The standard InChI is InChI=1S/C34H58N4O2S2.ClH/c1-3-39-33-19-11-9-17-31(33)29-37-23-15-7-5-13-21-35-25-27-41-42-28-26-36-22-14-6-8-16-24-38-30-32-18-10-12-20-34(32)40-4-2;/h9-12,17-20,35-38H,3-8,13-16,21-30H2,1-2H3;1H. The molecular weight excluding hydrogens is 596 g/mol. The highest BCUT2D eigenvalue weighted by atomic mass is 35.5. The summed E-state index contributed by atoms with van der Waals surface area (Å²) in [5.41, 5.74) is 2.50. The number of rotatable bonds is 29. The molecule has 246 valence electrons. The third-order valence-electron chi connectivity index (χ3n) is 6.90. The van der Waals surface area contributed by atoms with Gasteiger partial charge in [0.1, 0.15) is 11.5 Å². The summed E-state index contributed by atoms with van der Waals surface area (Å²) < 4.78 is 11.4. The van der Waals surface area contributed by atoms with Crippen molar-refractivity contribution in [2.75, 3.05) is 64.0 Å². The van der Waals surface area contributed by atoms with Crippen LogP contribution in [0.5, 0.6) is 11.5 Å². The highest BCUT2D eigenvalue weighted by Crippen LogP contribution is 2.20. The highest BCUT2D eigenvalue weighted by molar-refractivity contribution is 8.76. The topological polar surface area (TPSA) is 66.6 Å². The van der Waals surface area contributed by atoms with Crippen LogP contribution in [0.2, 0.25) is 0 Å². The molecule has 0 saturated heterocycles. The smallest absolute Gasteiger partial charge is 0.123 e. The lowest BCUT2D eigenvalue weighted by Crippen LogP contribution is -2.19. The minimum Gasteiger partial charge on any atom is -0.494 e. The van der Waals surface area contributed by atoms with Gasteiger partial charge in [-0.15, -0.1) is 12.4 Å². The van der Waals surface area contributed by atoms with E-state index >= 15 is 0 Å². The van der Waals surface area contributed by atoms with E-state index in [9.17, 15) is 0 Å². The van der Waals surface area contributed by atoms with Gasteiger partial charge in [0.15, 0.2) is 0 Å². The summed E-state index contributed by atoms with van der Waals surface area (Å²) in [4.78, 5) is 0. The number of ether oxygens (including phenoxy) is 2. The van der Waals surface area contributed by atoms with Crippen LogP contribution in [0, 0.1) is 0 Å². The van der Waals surface area contributed by atoms with Crippen molar-refractivity contribution in [2.24, 2.45) is 0 Å². The molecule has 0 fully saturated rings. The van der Waals surface area contributed by atoms with E-state index in [0.29, 0.717) is 13.2 Å². The van der Waals surface area contributed by atoms with Gasteiger partial charge in [-0.2, -0.15) is 0 Å². The molecule has 0 amide bonds. The normalized spacial score (nSPS) is 10.9. The zero-order valence-electron chi connectivity index (χ0n) is 26.8. The first kappa shape index (κ1) is 39.9. The van der Waals surface area contributed by atoms with Crippen molar-refractivity contribution in [1.29, 1.82) is 0 Å². The molecule has 0 bridgehead atoms. The molecule has 43 heavy (non-hydrogen) atoms. The molecule has 0 aliphatic rings. The van der Waals surface area contributed by atoms with E-state index in [0.717, 1.165) is 63.9 Å². The Morgan fingerprint density at radius 1 is 0.488 bits per heavy atom. The molecule has 0 aliphatic heterocycles. The number of para-hydroxylation sites is 2. The van der Waals surface area contributed by atoms with Crippen molar-refractivity contribution in [3.8, 4) is 11.5 Å². The largest absolute Gasteiger partial charge is 0.494 e. The van der Waals surface area contributed by atoms with Crippen LogP contribution >= 0.6 is 34.0 Å². The maximum absolute atomic E-state index is 5.70. The molecule has 4 N–H and O–H groups in total. The van der Waals surface area contributed by atoms with Gasteiger partial charge >= 0.3 is 0 Å². The Morgan fingerprint density at radius 3 is 1.26 bits per heavy atom. The van der Waals surface area contributed by atoms with Crippen LogP contribution in [0.1, 0.15) is 76.3 Å². The zero-order chi connectivity index (χ0) is 29.8. The van der Waals surface area contributed by atoms with Crippen molar-refractivity contribution in [2.45, 2.75) is 78.3 Å². The van der Waals surface area contributed by atoms with Gasteiger partial charge in [-0.25, -0.2) is 0 Å². The molecule has 2 aromatic carbocycles. The van der Waals surface area contributed by atoms with Gasteiger partial charge in [0, 0.05) is 48.8 Å². The van der Waals surface area contributed by atoms with Gasteiger partial charge in [0.25, 0.3) is 0 Å². The Hall–Kier alpha value is -1.13. The number of nitrogens with one attached hydrogen (secondary N) is 4. The summed E-state index contributed by atoms with van der Waals surface area (Å²) in [5, 5.41) is 14.3. The molecule has 0 aromatic heterocycles. The molecule has 0 heterocycles. The molecule has 9 heteroatoms. The van der Waals surface area contributed by atoms with Gasteiger partial charge < -0.3 is 30.7 Å². The molecule has 2 aromatic rings. The van der Waals surface area contributed by atoms with Gasteiger partial charge in [-0.1, -0.05) is 83.7 Å². The second-order valence-corrected chi connectivity index (χ2v) is 13.1. The van der Waals surface area contributed by atoms with Crippen LogP contribution in [0.3, 0.4) is 0 Å². The van der Waals surface area contributed by atoms with Gasteiger partial charge in [-0.05, 0) is 77.8 Å². The molecule has 2 rings (SSSR count). The maximum atomic E-state index is 5.70. The van der Waals surface area contributed by atoms with Crippen molar-refractivity contribution in [3.63, 3.8) is 0 Å². The van der Waals surface area contributed by atoms with E-state index < -0.39 is 0 Å². The number of hydrogen-bond acceptors (Lipinski definition) is 8. The number of benzene rings is 2. The van der Waals surface area contributed by atoms with Crippen LogP contribution in [0.15, 0.2) is 48.5 Å². The van der Waals surface area contributed by atoms with E-state index in [1.807, 2.05) is 47.6 Å². The minimum atomic E-state index is 0. The Kier molecular flexibility index (Phi) is 27.4. The lowest BCUT2D eigenvalue weighted by atomic mass is 10.1. The molecule has 0 spiro atoms. The highest BCUT2D eigenvalue weighted by Gasteiger charge is 2.02. The first-order valence-electron chi connectivity index (χ1n) is 16.3. The van der Waals surface area contributed by atoms with Crippen molar-refractivity contribution >= 4 is 34.0 Å². The third-order valence-corrected chi connectivity index (χ3v) is 9.31. The zero-order valence-corrected chi connectivity index (χ0v) is 29.3. The predicted molar refractivity (Wildman–Crippen MR) is 193 cm³/mol. The Bertz CT molecular complexity index is 825. The van der Waals surface area contributed by atoms with E-state index in [1.54, 1.807) is 0 Å². The third kappa shape index (κ3) is 21.3. The molecule has 0 aliphatic carbocycles. The van der Waals surface area contributed by atoms with Crippen LogP contribution < -0.4 is 30.7 Å². The Morgan fingerprint density at radius 2 is 0.860 bits per heavy atom. The monoisotopic (exact) mass is 654 g/mol. The van der Waals surface area contributed by atoms with E-state index in [2.05, 4.69) is 57.7 Å². The fourth-order valence-electron chi connectivity index (χ4n) is 4.64. The molecular formula is C34H59ClN4O2S2. The lowest BCUT2D eigenvalue weighted by Gasteiger charge is -2.11. The second kappa shape index (κ2) is 29.6. The predicted octanol–water partition coefficient (Wildman–Crippen LogP) is 7.47. The second-order valence-electron chi connectivity index (χ2n) is 10.4. The fraction of sp³-hybridized carbons (Fsp3) is 0.647. The average molecular weight is 655 g/mol. The van der Waals surface area contributed by atoms with Crippen LogP contribution in [-0.2, 0) is 13.1 Å². The summed E-state index contributed by atoms with van der Waals surface area (Å²) in [6.07, 6.45) is 10.2. The summed E-state index contributed by atoms with van der Waals surface area (Å²) in [7, 11) is 3.99. The molecule has 0 saturated carbocycles. The molecule has 6 nitrogen and oxygen atoms in total. The quantitative estimate of drug-likeness (QED) is 0.0532. The minimum absolute atomic E-state index is 0. The molecule has 0 unspecified atom stereocenters. The van der Waals surface area contributed by atoms with Gasteiger partial charge in [0.05, 0.1) is 13.2 Å².